The van der Waals surface area contributed by atoms with E-state index in [-0.39, 0.29) is 12.6 Å². The number of anilines is 3. The second-order valence-corrected chi connectivity index (χ2v) is 6.70. The van der Waals surface area contributed by atoms with E-state index in [4.69, 9.17) is 0 Å². The van der Waals surface area contributed by atoms with Crippen molar-refractivity contribution in [2.75, 3.05) is 17.2 Å². The van der Waals surface area contributed by atoms with Crippen LogP contribution >= 0.6 is 0 Å². The summed E-state index contributed by atoms with van der Waals surface area (Å²) in [6.07, 6.45) is 4.85. The van der Waals surface area contributed by atoms with Crippen LogP contribution in [-0.4, -0.2) is 46.7 Å². The zero-order valence-electron chi connectivity index (χ0n) is 14.7. The summed E-state index contributed by atoms with van der Waals surface area (Å²) in [5, 5.41) is 15.8. The van der Waals surface area contributed by atoms with Crippen molar-refractivity contribution in [2.45, 2.75) is 39.3 Å². The lowest BCUT2D eigenvalue weighted by Crippen LogP contribution is -2.35. The van der Waals surface area contributed by atoms with Crippen molar-refractivity contribution in [3.05, 3.63) is 24.9 Å². The molecule has 0 aromatic carbocycles. The molecule has 0 spiro atoms. The molecule has 9 nitrogen and oxygen atoms in total. The van der Waals surface area contributed by atoms with Crippen LogP contribution in [0.25, 0.3) is 11.2 Å². The molecule has 132 valence electrons. The van der Waals surface area contributed by atoms with Gasteiger partial charge in [-0.1, -0.05) is 0 Å². The first kappa shape index (κ1) is 17.0. The van der Waals surface area contributed by atoms with E-state index in [9.17, 15) is 5.11 Å². The van der Waals surface area contributed by atoms with Gasteiger partial charge in [-0.05, 0) is 33.8 Å². The summed E-state index contributed by atoms with van der Waals surface area (Å²) in [6, 6.07) is 1.95. The summed E-state index contributed by atoms with van der Waals surface area (Å²) in [5.41, 5.74) is 0.806. The van der Waals surface area contributed by atoms with Gasteiger partial charge in [-0.3, -0.25) is 0 Å². The maximum atomic E-state index is 9.51. The second-order valence-electron chi connectivity index (χ2n) is 6.70. The Bertz CT molecular complexity index is 859. The highest BCUT2D eigenvalue weighted by molar-refractivity contribution is 5.86. The topological polar surface area (TPSA) is 114 Å². The Morgan fingerprint density at radius 1 is 1.24 bits per heavy atom. The molecule has 0 unspecified atom stereocenters. The number of aromatic nitrogens is 6. The van der Waals surface area contributed by atoms with Gasteiger partial charge in [0.05, 0.1) is 18.5 Å². The minimum absolute atomic E-state index is 0.0491. The molecular weight excluding hydrogens is 320 g/mol. The van der Waals surface area contributed by atoms with Gasteiger partial charge in [-0.2, -0.15) is 9.97 Å². The smallest absolute Gasteiger partial charge is 0.227 e. The highest BCUT2D eigenvalue weighted by Crippen LogP contribution is 2.26. The molecule has 3 rings (SSSR count). The number of fused-ring (bicyclic) bond motifs is 1. The number of hydrogen-bond donors (Lipinski definition) is 3. The van der Waals surface area contributed by atoms with E-state index in [1.54, 1.807) is 18.6 Å². The monoisotopic (exact) mass is 342 g/mol. The van der Waals surface area contributed by atoms with E-state index in [1.807, 2.05) is 18.4 Å². The summed E-state index contributed by atoms with van der Waals surface area (Å²) in [6.45, 7) is 7.82. The van der Waals surface area contributed by atoms with E-state index < -0.39 is 5.54 Å². The molecule has 0 atom stereocenters. The SMILES string of the molecule is CC(C)n1cnc2c(Nc3ccncn3)nc(NC(C)(C)CO)nc21. The van der Waals surface area contributed by atoms with E-state index in [2.05, 4.69) is 49.4 Å². The van der Waals surface area contributed by atoms with Crippen molar-refractivity contribution in [1.82, 2.24) is 29.5 Å². The number of aliphatic hydroxyl groups is 1. The van der Waals surface area contributed by atoms with Gasteiger partial charge in [-0.15, -0.1) is 0 Å². The van der Waals surface area contributed by atoms with Gasteiger partial charge in [0, 0.05) is 12.2 Å². The molecule has 0 bridgehead atoms. The van der Waals surface area contributed by atoms with Crippen molar-refractivity contribution in [3.63, 3.8) is 0 Å². The fraction of sp³-hybridized carbons (Fsp3) is 0.438. The molecule has 0 radical (unpaired) electrons. The molecule has 0 amide bonds. The molecule has 0 aliphatic rings. The lowest BCUT2D eigenvalue weighted by Gasteiger charge is -2.23. The molecule has 0 saturated carbocycles. The van der Waals surface area contributed by atoms with Crippen molar-refractivity contribution < 1.29 is 5.11 Å². The van der Waals surface area contributed by atoms with Crippen LogP contribution in [0.5, 0.6) is 0 Å². The standard InChI is InChI=1S/C16H22N8O/c1-10(2)24-9-19-12-13(20-11-5-6-17-8-18-11)21-15(22-14(12)24)23-16(3,4)7-25/h5-6,8-10,25H,7H2,1-4H3,(H2,17,18,20,21,22,23). The molecule has 3 aromatic rings. The minimum atomic E-state index is -0.553. The Morgan fingerprint density at radius 3 is 2.68 bits per heavy atom. The summed E-state index contributed by atoms with van der Waals surface area (Å²) in [5.74, 6) is 1.56. The predicted molar refractivity (Wildman–Crippen MR) is 95.8 cm³/mol. The zero-order valence-corrected chi connectivity index (χ0v) is 14.7. The third kappa shape index (κ3) is 3.66. The van der Waals surface area contributed by atoms with Gasteiger partial charge in [0.15, 0.2) is 17.0 Å². The zero-order chi connectivity index (χ0) is 18.0. The molecule has 3 N–H and O–H groups in total. The van der Waals surface area contributed by atoms with Crippen LogP contribution < -0.4 is 10.6 Å². The summed E-state index contributed by atoms with van der Waals surface area (Å²) in [7, 11) is 0. The lowest BCUT2D eigenvalue weighted by atomic mass is 10.1. The number of imidazole rings is 1. The maximum Gasteiger partial charge on any atom is 0.227 e. The molecule has 0 saturated heterocycles. The molecule has 3 heterocycles. The lowest BCUT2D eigenvalue weighted by molar-refractivity contribution is 0.233. The first-order valence-electron chi connectivity index (χ1n) is 8.06. The molecule has 9 heteroatoms. The summed E-state index contributed by atoms with van der Waals surface area (Å²) in [4.78, 5) is 21.6. The van der Waals surface area contributed by atoms with Gasteiger partial charge in [0.1, 0.15) is 12.1 Å². The number of nitrogens with one attached hydrogen (secondary N) is 2. The van der Waals surface area contributed by atoms with Crippen molar-refractivity contribution in [1.29, 1.82) is 0 Å². The normalized spacial score (nSPS) is 11.9. The first-order chi connectivity index (χ1) is 11.9. The number of hydrogen-bond acceptors (Lipinski definition) is 8. The predicted octanol–water partition coefficient (Wildman–Crippen LogP) is 2.12. The Hall–Kier alpha value is -2.81. The Balaban J connectivity index is 2.10. The van der Waals surface area contributed by atoms with Crippen LogP contribution in [0.15, 0.2) is 24.9 Å². The van der Waals surface area contributed by atoms with Gasteiger partial charge >= 0.3 is 0 Å². The molecule has 0 fully saturated rings. The molecular formula is C16H22N8O. The molecule has 0 aliphatic carbocycles. The number of nitrogens with zero attached hydrogens (tertiary/aromatic N) is 6. The third-order valence-corrected chi connectivity index (χ3v) is 3.65. The Labute approximate surface area is 145 Å². The van der Waals surface area contributed by atoms with Crippen LogP contribution in [0.2, 0.25) is 0 Å². The number of aliphatic hydroxyl groups excluding tert-OH is 1. The fourth-order valence-corrected chi connectivity index (χ4v) is 2.27. The largest absolute Gasteiger partial charge is 0.394 e. The number of rotatable bonds is 6. The first-order valence-corrected chi connectivity index (χ1v) is 8.06. The van der Waals surface area contributed by atoms with E-state index in [1.165, 1.54) is 6.33 Å². The third-order valence-electron chi connectivity index (χ3n) is 3.65. The maximum absolute atomic E-state index is 9.51. The van der Waals surface area contributed by atoms with Crippen molar-refractivity contribution in [2.24, 2.45) is 0 Å². The summed E-state index contributed by atoms with van der Waals surface area (Å²) >= 11 is 0. The highest BCUT2D eigenvalue weighted by Gasteiger charge is 2.21. The van der Waals surface area contributed by atoms with Crippen molar-refractivity contribution >= 4 is 28.7 Å². The Kier molecular flexibility index (Phi) is 4.49. The van der Waals surface area contributed by atoms with Crippen LogP contribution in [-0.2, 0) is 0 Å². The van der Waals surface area contributed by atoms with E-state index in [0.29, 0.717) is 28.7 Å². The fourth-order valence-electron chi connectivity index (χ4n) is 2.27. The second kappa shape index (κ2) is 6.60. The van der Waals surface area contributed by atoms with Gasteiger partial charge < -0.3 is 20.3 Å². The Morgan fingerprint density at radius 2 is 2.04 bits per heavy atom. The van der Waals surface area contributed by atoms with Gasteiger partial charge in [0.25, 0.3) is 0 Å². The van der Waals surface area contributed by atoms with Crippen LogP contribution in [0.3, 0.4) is 0 Å². The molecule has 25 heavy (non-hydrogen) atoms. The van der Waals surface area contributed by atoms with Crippen LogP contribution in [0.1, 0.15) is 33.7 Å². The van der Waals surface area contributed by atoms with Crippen LogP contribution in [0, 0.1) is 0 Å². The van der Waals surface area contributed by atoms with Crippen LogP contribution in [0.4, 0.5) is 17.6 Å². The average Bonchev–Trinajstić information content (AvgIpc) is 3.00. The van der Waals surface area contributed by atoms with Crippen molar-refractivity contribution in [3.8, 4) is 0 Å². The van der Waals surface area contributed by atoms with Gasteiger partial charge in [-0.25, -0.2) is 15.0 Å². The van der Waals surface area contributed by atoms with E-state index >= 15 is 0 Å². The quantitative estimate of drug-likeness (QED) is 0.624. The van der Waals surface area contributed by atoms with Gasteiger partial charge in [0.2, 0.25) is 5.95 Å². The summed E-state index contributed by atoms with van der Waals surface area (Å²) < 4.78 is 1.97. The minimum Gasteiger partial charge on any atom is -0.394 e. The average molecular weight is 342 g/mol. The highest BCUT2D eigenvalue weighted by atomic mass is 16.3. The molecule has 3 aromatic heterocycles. The molecule has 0 aliphatic heterocycles. The van der Waals surface area contributed by atoms with E-state index in [0.717, 1.165) is 0 Å².